The quantitative estimate of drug-likeness (QED) is 0.540. The van der Waals surface area contributed by atoms with Crippen molar-refractivity contribution in [2.24, 2.45) is 0 Å². The van der Waals surface area contributed by atoms with Crippen LogP contribution in [0.1, 0.15) is 36.8 Å². The van der Waals surface area contributed by atoms with Crippen LogP contribution < -0.4 is 10.1 Å². The molecule has 0 aliphatic heterocycles. The Morgan fingerprint density at radius 2 is 1.82 bits per heavy atom. The maximum atomic E-state index is 12.1. The summed E-state index contributed by atoms with van der Waals surface area (Å²) in [6.07, 6.45) is 0.136. The van der Waals surface area contributed by atoms with E-state index in [2.05, 4.69) is 10.3 Å². The molecule has 0 unspecified atom stereocenters. The number of ether oxygens (including phenoxy) is 2. The third kappa shape index (κ3) is 5.14. The number of rotatable bonds is 6. The summed E-state index contributed by atoms with van der Waals surface area (Å²) in [7, 11) is 0. The molecule has 0 saturated heterocycles. The Balaban J connectivity index is 0.00000280. The minimum absolute atomic E-state index is 0. The Morgan fingerprint density at radius 3 is 2.46 bits per heavy atom. The van der Waals surface area contributed by atoms with Crippen LogP contribution in [0.15, 0.2) is 48.5 Å². The van der Waals surface area contributed by atoms with Crippen molar-refractivity contribution in [3.05, 3.63) is 59.8 Å². The van der Waals surface area contributed by atoms with Crippen LogP contribution >= 0.6 is 12.4 Å². The largest absolute Gasteiger partial charge is 0.491 e. The van der Waals surface area contributed by atoms with Crippen LogP contribution in [0.3, 0.4) is 0 Å². The fourth-order valence-electron chi connectivity index (χ4n) is 2.85. The van der Waals surface area contributed by atoms with Gasteiger partial charge in [0.05, 0.1) is 23.8 Å². The number of pyridine rings is 1. The Morgan fingerprint density at radius 1 is 1.11 bits per heavy atom. The van der Waals surface area contributed by atoms with Crippen LogP contribution in [0.5, 0.6) is 5.75 Å². The van der Waals surface area contributed by atoms with Crippen LogP contribution in [0.2, 0.25) is 0 Å². The number of halogens is 1. The van der Waals surface area contributed by atoms with Crippen molar-refractivity contribution in [3.8, 4) is 5.75 Å². The van der Waals surface area contributed by atoms with Gasteiger partial charge in [0.1, 0.15) is 5.75 Å². The lowest BCUT2D eigenvalue weighted by molar-refractivity contribution is 0.0526. The molecule has 28 heavy (non-hydrogen) atoms. The third-order valence-corrected chi connectivity index (χ3v) is 3.95. The first-order chi connectivity index (χ1) is 13.0. The van der Waals surface area contributed by atoms with Crippen molar-refractivity contribution in [1.29, 1.82) is 0 Å². The zero-order chi connectivity index (χ0) is 19.4. The highest BCUT2D eigenvalue weighted by atomic mass is 35.5. The van der Waals surface area contributed by atoms with Gasteiger partial charge in [-0.1, -0.05) is 0 Å². The van der Waals surface area contributed by atoms with E-state index < -0.39 is 0 Å². The highest BCUT2D eigenvalue weighted by Gasteiger charge is 2.11. The van der Waals surface area contributed by atoms with Crippen molar-refractivity contribution in [1.82, 2.24) is 4.98 Å². The number of benzene rings is 2. The van der Waals surface area contributed by atoms with Crippen molar-refractivity contribution in [2.75, 3.05) is 11.9 Å². The molecule has 2 aromatic carbocycles. The van der Waals surface area contributed by atoms with Gasteiger partial charge in [-0.2, -0.15) is 0 Å². The smallest absolute Gasteiger partial charge is 0.338 e. The zero-order valence-electron chi connectivity index (χ0n) is 16.5. The summed E-state index contributed by atoms with van der Waals surface area (Å²) in [4.78, 5) is 16.6. The van der Waals surface area contributed by atoms with E-state index in [1.165, 1.54) is 0 Å². The summed E-state index contributed by atoms with van der Waals surface area (Å²) in [6.45, 7) is 8.09. The first-order valence-electron chi connectivity index (χ1n) is 9.08. The minimum Gasteiger partial charge on any atom is -0.491 e. The lowest BCUT2D eigenvalue weighted by atomic mass is 10.1. The van der Waals surface area contributed by atoms with E-state index in [0.717, 1.165) is 33.7 Å². The summed E-state index contributed by atoms with van der Waals surface area (Å²) < 4.78 is 10.8. The molecule has 0 saturated carbocycles. The Bertz CT molecular complexity index is 956. The molecular weight excluding hydrogens is 376 g/mol. The Hall–Kier alpha value is -2.79. The molecule has 0 aliphatic carbocycles. The second kappa shape index (κ2) is 9.42. The summed E-state index contributed by atoms with van der Waals surface area (Å²) >= 11 is 0. The van der Waals surface area contributed by atoms with E-state index in [0.29, 0.717) is 12.2 Å². The first kappa shape index (κ1) is 21.5. The lowest BCUT2D eigenvalue weighted by Gasteiger charge is -2.13. The number of fused-ring (bicyclic) bond motifs is 1. The molecular formula is C22H25ClN2O3. The van der Waals surface area contributed by atoms with Crippen LogP contribution in [-0.2, 0) is 4.74 Å². The summed E-state index contributed by atoms with van der Waals surface area (Å²) in [5.74, 6) is 0.497. The molecule has 6 heteroatoms. The molecule has 1 aromatic heterocycles. The molecule has 3 aromatic rings. The van der Waals surface area contributed by atoms with E-state index in [-0.39, 0.29) is 24.5 Å². The predicted molar refractivity (Wildman–Crippen MR) is 115 cm³/mol. The topological polar surface area (TPSA) is 60.5 Å². The molecule has 0 amide bonds. The number of hydrogen-bond donors (Lipinski definition) is 1. The molecule has 1 heterocycles. The molecule has 0 fully saturated rings. The van der Waals surface area contributed by atoms with Gasteiger partial charge >= 0.3 is 5.97 Å². The molecule has 3 rings (SSSR count). The number of nitrogens with zero attached hydrogens (tertiary/aromatic N) is 1. The van der Waals surface area contributed by atoms with Gasteiger partial charge in [-0.25, -0.2) is 4.79 Å². The molecule has 0 spiro atoms. The average molecular weight is 401 g/mol. The van der Waals surface area contributed by atoms with Crippen LogP contribution in [-0.4, -0.2) is 23.7 Å². The number of aryl methyl sites for hydroxylation is 1. The van der Waals surface area contributed by atoms with Crippen molar-refractivity contribution in [2.45, 2.75) is 33.8 Å². The van der Waals surface area contributed by atoms with Crippen LogP contribution in [0, 0.1) is 6.92 Å². The third-order valence-electron chi connectivity index (χ3n) is 3.95. The summed E-state index contributed by atoms with van der Waals surface area (Å²) in [5, 5.41) is 4.29. The van der Waals surface area contributed by atoms with Gasteiger partial charge in [0, 0.05) is 22.5 Å². The lowest BCUT2D eigenvalue weighted by Crippen LogP contribution is -2.05. The molecule has 5 nitrogen and oxygen atoms in total. The van der Waals surface area contributed by atoms with Crippen LogP contribution in [0.4, 0.5) is 11.4 Å². The number of anilines is 2. The van der Waals surface area contributed by atoms with E-state index in [9.17, 15) is 4.79 Å². The molecule has 148 valence electrons. The highest BCUT2D eigenvalue weighted by molar-refractivity contribution is 5.99. The normalized spacial score (nSPS) is 10.5. The number of nitrogens with one attached hydrogen (secondary N) is 1. The standard InChI is InChI=1S/C22H24N2O3.ClH/c1-5-26-22(25)16-6-11-20-19(13-16)21(12-15(4)23-20)24-17-7-9-18(10-8-17)27-14(2)3;/h6-14H,5H2,1-4H3,(H,23,24);1H. The fraction of sp³-hybridized carbons (Fsp3) is 0.273. The van der Waals surface area contributed by atoms with Gasteiger partial charge in [-0.3, -0.25) is 4.98 Å². The number of hydrogen-bond acceptors (Lipinski definition) is 5. The molecule has 0 aliphatic rings. The molecule has 0 radical (unpaired) electrons. The minimum atomic E-state index is -0.332. The fourth-order valence-corrected chi connectivity index (χ4v) is 2.85. The zero-order valence-corrected chi connectivity index (χ0v) is 17.3. The van der Waals surface area contributed by atoms with Gasteiger partial charge in [0.15, 0.2) is 0 Å². The predicted octanol–water partition coefficient (Wildman–Crippen LogP) is 5.67. The van der Waals surface area contributed by atoms with Crippen molar-refractivity contribution >= 4 is 40.7 Å². The number of esters is 1. The number of aromatic nitrogens is 1. The SMILES string of the molecule is CCOC(=O)c1ccc2nc(C)cc(Nc3ccc(OC(C)C)cc3)c2c1.Cl. The Labute approximate surface area is 171 Å². The Kier molecular flexibility index (Phi) is 7.24. The van der Waals surface area contributed by atoms with Gasteiger partial charge in [-0.15, -0.1) is 12.4 Å². The first-order valence-corrected chi connectivity index (χ1v) is 9.08. The van der Waals surface area contributed by atoms with Gasteiger partial charge < -0.3 is 14.8 Å². The number of carbonyl (C=O) groups is 1. The number of carbonyl (C=O) groups excluding carboxylic acids is 1. The van der Waals surface area contributed by atoms with Crippen molar-refractivity contribution in [3.63, 3.8) is 0 Å². The van der Waals surface area contributed by atoms with Gasteiger partial charge in [0.2, 0.25) is 0 Å². The molecule has 0 bridgehead atoms. The summed E-state index contributed by atoms with van der Waals surface area (Å²) in [6, 6.07) is 15.2. The average Bonchev–Trinajstić information content (AvgIpc) is 2.62. The summed E-state index contributed by atoms with van der Waals surface area (Å²) in [5.41, 5.74) is 4.05. The van der Waals surface area contributed by atoms with Gasteiger partial charge in [-0.05, 0) is 76.2 Å². The van der Waals surface area contributed by atoms with Crippen LogP contribution in [0.25, 0.3) is 10.9 Å². The van der Waals surface area contributed by atoms with E-state index in [4.69, 9.17) is 9.47 Å². The second-order valence-electron chi connectivity index (χ2n) is 6.58. The second-order valence-corrected chi connectivity index (χ2v) is 6.58. The van der Waals surface area contributed by atoms with Gasteiger partial charge in [0.25, 0.3) is 0 Å². The van der Waals surface area contributed by atoms with E-state index in [1.54, 1.807) is 13.0 Å². The maximum Gasteiger partial charge on any atom is 0.338 e. The van der Waals surface area contributed by atoms with E-state index >= 15 is 0 Å². The molecule has 1 N–H and O–H groups in total. The molecule has 0 atom stereocenters. The van der Waals surface area contributed by atoms with Crippen molar-refractivity contribution < 1.29 is 14.3 Å². The highest BCUT2D eigenvalue weighted by Crippen LogP contribution is 2.28. The maximum absolute atomic E-state index is 12.1. The monoisotopic (exact) mass is 400 g/mol. The van der Waals surface area contributed by atoms with E-state index in [1.807, 2.05) is 63.2 Å².